The third-order valence-electron chi connectivity index (χ3n) is 4.21. The van der Waals surface area contributed by atoms with Crippen molar-refractivity contribution in [1.29, 1.82) is 0 Å². The molecule has 0 aliphatic carbocycles. The molecule has 1 aliphatic rings. The maximum atomic E-state index is 4.74. The number of aryl methyl sites for hydroxylation is 1. The number of aliphatic imine (C=N–C) groups is 1. The van der Waals surface area contributed by atoms with Gasteiger partial charge in [0, 0.05) is 38.1 Å². The van der Waals surface area contributed by atoms with Crippen LogP contribution in [0.4, 0.5) is 5.69 Å². The summed E-state index contributed by atoms with van der Waals surface area (Å²) < 4.78 is 0. The van der Waals surface area contributed by atoms with Crippen LogP contribution in [0.1, 0.15) is 31.7 Å². The Balaban J connectivity index is 1.70. The molecule has 0 aromatic heterocycles. The van der Waals surface area contributed by atoms with Crippen molar-refractivity contribution in [3.05, 3.63) is 29.8 Å². The van der Waals surface area contributed by atoms with Gasteiger partial charge in [-0.05, 0) is 56.1 Å². The lowest BCUT2D eigenvalue weighted by Crippen LogP contribution is -2.38. The van der Waals surface area contributed by atoms with Crippen molar-refractivity contribution in [2.75, 3.05) is 44.4 Å². The molecular weight excluding hydrogens is 316 g/mol. The maximum absolute atomic E-state index is 4.74. The average Bonchev–Trinajstić information content (AvgIpc) is 3.10. The van der Waals surface area contributed by atoms with E-state index < -0.39 is 0 Å². The first kappa shape index (κ1) is 19.0. The van der Waals surface area contributed by atoms with E-state index in [9.17, 15) is 0 Å². The third kappa shape index (κ3) is 6.63. The molecule has 5 heteroatoms. The summed E-state index contributed by atoms with van der Waals surface area (Å²) in [5.41, 5.74) is 2.65. The maximum Gasteiger partial charge on any atom is 0.191 e. The minimum Gasteiger partial charge on any atom is -0.378 e. The van der Waals surface area contributed by atoms with Crippen LogP contribution in [0.2, 0.25) is 0 Å². The van der Waals surface area contributed by atoms with Crippen molar-refractivity contribution in [3.8, 4) is 0 Å². The normalized spacial score (nSPS) is 17.8. The first-order valence-electron chi connectivity index (χ1n) is 9.09. The molecule has 0 bridgehead atoms. The van der Waals surface area contributed by atoms with Gasteiger partial charge in [0.05, 0.1) is 6.54 Å². The van der Waals surface area contributed by atoms with Crippen LogP contribution in [0, 0.1) is 0 Å². The van der Waals surface area contributed by atoms with Gasteiger partial charge in [-0.15, -0.1) is 0 Å². The van der Waals surface area contributed by atoms with Crippen LogP contribution in [0.25, 0.3) is 0 Å². The van der Waals surface area contributed by atoms with Gasteiger partial charge >= 0.3 is 0 Å². The van der Waals surface area contributed by atoms with E-state index in [2.05, 4.69) is 72.6 Å². The highest BCUT2D eigenvalue weighted by Crippen LogP contribution is 2.25. The number of guanidine groups is 1. The van der Waals surface area contributed by atoms with E-state index in [0.29, 0.717) is 0 Å². The second kappa shape index (κ2) is 10.5. The van der Waals surface area contributed by atoms with Crippen molar-refractivity contribution < 1.29 is 0 Å². The molecule has 1 atom stereocenters. The Morgan fingerprint density at radius 3 is 2.67 bits per heavy atom. The second-order valence-electron chi connectivity index (χ2n) is 6.45. The number of anilines is 1. The lowest BCUT2D eigenvalue weighted by atomic mass is 10.1. The van der Waals surface area contributed by atoms with Gasteiger partial charge in [-0.2, -0.15) is 11.8 Å². The Hall–Kier alpha value is -1.36. The van der Waals surface area contributed by atoms with E-state index in [1.165, 1.54) is 29.8 Å². The molecular formula is C19H32N4S. The molecule has 1 unspecified atom stereocenters. The number of rotatable bonds is 8. The van der Waals surface area contributed by atoms with Gasteiger partial charge < -0.3 is 15.5 Å². The standard InChI is InChI=1S/C19H32N4S/c1-4-20-19(22-15-18-8-6-14-24-18)21-13-5-7-16-9-11-17(12-10-16)23(2)3/h9-12,18H,4-8,13-15H2,1-3H3,(H2,20,21,22). The Bertz CT molecular complexity index is 493. The number of benzene rings is 1. The SMILES string of the molecule is CCNC(=NCC1CCCS1)NCCCc1ccc(N(C)C)cc1. The third-order valence-corrected chi connectivity index (χ3v) is 5.59. The van der Waals surface area contributed by atoms with Gasteiger partial charge in [-0.3, -0.25) is 4.99 Å². The number of thioether (sulfide) groups is 1. The fraction of sp³-hybridized carbons (Fsp3) is 0.632. The molecule has 2 rings (SSSR count). The molecule has 1 fully saturated rings. The van der Waals surface area contributed by atoms with Gasteiger partial charge in [0.15, 0.2) is 5.96 Å². The zero-order valence-electron chi connectivity index (χ0n) is 15.3. The van der Waals surface area contributed by atoms with Crippen molar-refractivity contribution in [2.45, 2.75) is 37.9 Å². The van der Waals surface area contributed by atoms with E-state index in [0.717, 1.165) is 43.7 Å². The quantitative estimate of drug-likeness (QED) is 0.430. The number of hydrogen-bond donors (Lipinski definition) is 2. The number of hydrogen-bond acceptors (Lipinski definition) is 3. The molecule has 0 spiro atoms. The summed E-state index contributed by atoms with van der Waals surface area (Å²) in [4.78, 5) is 6.87. The highest BCUT2D eigenvalue weighted by molar-refractivity contribution is 8.00. The van der Waals surface area contributed by atoms with Crippen LogP contribution < -0.4 is 15.5 Å². The van der Waals surface area contributed by atoms with Gasteiger partial charge in [-0.25, -0.2) is 0 Å². The van der Waals surface area contributed by atoms with Crippen LogP contribution in [0.15, 0.2) is 29.3 Å². The van der Waals surface area contributed by atoms with Crippen molar-refractivity contribution in [2.24, 2.45) is 4.99 Å². The molecule has 1 aromatic carbocycles. The summed E-state index contributed by atoms with van der Waals surface area (Å²) in [5, 5.41) is 7.53. The van der Waals surface area contributed by atoms with E-state index >= 15 is 0 Å². The van der Waals surface area contributed by atoms with Crippen molar-refractivity contribution in [3.63, 3.8) is 0 Å². The van der Waals surface area contributed by atoms with Crippen LogP contribution in [0.3, 0.4) is 0 Å². The molecule has 0 radical (unpaired) electrons. The molecule has 24 heavy (non-hydrogen) atoms. The fourth-order valence-electron chi connectivity index (χ4n) is 2.78. The van der Waals surface area contributed by atoms with Gasteiger partial charge in [0.25, 0.3) is 0 Å². The molecule has 1 heterocycles. The number of nitrogens with one attached hydrogen (secondary N) is 2. The van der Waals surface area contributed by atoms with Crippen molar-refractivity contribution >= 4 is 23.4 Å². The zero-order valence-corrected chi connectivity index (χ0v) is 16.2. The Labute approximate surface area is 151 Å². The first-order valence-corrected chi connectivity index (χ1v) is 10.1. The molecule has 134 valence electrons. The highest BCUT2D eigenvalue weighted by atomic mass is 32.2. The minimum absolute atomic E-state index is 0.718. The van der Waals surface area contributed by atoms with Crippen LogP contribution in [0.5, 0.6) is 0 Å². The van der Waals surface area contributed by atoms with Gasteiger partial charge in [-0.1, -0.05) is 12.1 Å². The monoisotopic (exact) mass is 348 g/mol. The summed E-state index contributed by atoms with van der Waals surface area (Å²) >= 11 is 2.07. The highest BCUT2D eigenvalue weighted by Gasteiger charge is 2.14. The summed E-state index contributed by atoms with van der Waals surface area (Å²) in [6, 6.07) is 8.83. The molecule has 2 N–H and O–H groups in total. The molecule has 4 nitrogen and oxygen atoms in total. The van der Waals surface area contributed by atoms with E-state index in [1.807, 2.05) is 0 Å². The van der Waals surface area contributed by atoms with Crippen LogP contribution >= 0.6 is 11.8 Å². The Morgan fingerprint density at radius 2 is 2.04 bits per heavy atom. The molecule has 1 aromatic rings. The zero-order chi connectivity index (χ0) is 17.2. The Morgan fingerprint density at radius 1 is 1.25 bits per heavy atom. The number of nitrogens with zero attached hydrogens (tertiary/aromatic N) is 2. The van der Waals surface area contributed by atoms with Crippen LogP contribution in [-0.2, 0) is 6.42 Å². The molecule has 1 aliphatic heterocycles. The molecule has 0 saturated carbocycles. The topological polar surface area (TPSA) is 39.7 Å². The summed E-state index contributed by atoms with van der Waals surface area (Å²) in [6.07, 6.45) is 4.88. The Kier molecular flexibility index (Phi) is 8.29. The summed E-state index contributed by atoms with van der Waals surface area (Å²) in [6.45, 7) is 4.93. The van der Waals surface area contributed by atoms with Crippen LogP contribution in [-0.4, -0.2) is 50.7 Å². The molecule has 0 amide bonds. The lowest BCUT2D eigenvalue weighted by molar-refractivity contribution is 0.733. The van der Waals surface area contributed by atoms with Gasteiger partial charge in [0.2, 0.25) is 0 Å². The fourth-order valence-corrected chi connectivity index (χ4v) is 3.96. The van der Waals surface area contributed by atoms with Gasteiger partial charge in [0.1, 0.15) is 0 Å². The van der Waals surface area contributed by atoms with E-state index in [-0.39, 0.29) is 0 Å². The predicted molar refractivity (Wildman–Crippen MR) is 109 cm³/mol. The molecule has 1 saturated heterocycles. The predicted octanol–water partition coefficient (Wildman–Crippen LogP) is 3.14. The van der Waals surface area contributed by atoms with E-state index in [1.54, 1.807) is 0 Å². The summed E-state index contributed by atoms with van der Waals surface area (Å²) in [5.74, 6) is 2.27. The smallest absolute Gasteiger partial charge is 0.191 e. The average molecular weight is 349 g/mol. The van der Waals surface area contributed by atoms with E-state index in [4.69, 9.17) is 4.99 Å². The second-order valence-corrected chi connectivity index (χ2v) is 7.85. The minimum atomic E-state index is 0.718. The summed E-state index contributed by atoms with van der Waals surface area (Å²) in [7, 11) is 4.15. The lowest BCUT2D eigenvalue weighted by Gasteiger charge is -2.14. The first-order chi connectivity index (χ1) is 11.7. The van der Waals surface area contributed by atoms with Crippen molar-refractivity contribution in [1.82, 2.24) is 10.6 Å². The largest absolute Gasteiger partial charge is 0.378 e.